The molecule has 0 aliphatic heterocycles. The van der Waals surface area contributed by atoms with Crippen molar-refractivity contribution in [2.75, 3.05) is 5.32 Å². The first-order chi connectivity index (χ1) is 14.4. The standard InChI is InChI=1S/C20H21F3N4O3S/c1-19(2,3)31(30)26-16(20(21,22)23)12-9-10-14-15(11-12)25-27(17(14)24-18(28)29)13-7-5-4-6-8-13/h4-11,16,24,26H,1-3H3,(H,28,29). The normalized spacial score (nSPS) is 14.4. The molecule has 0 saturated heterocycles. The number of alkyl halides is 3. The lowest BCUT2D eigenvalue weighted by Gasteiger charge is -2.29. The van der Waals surface area contributed by atoms with Gasteiger partial charge in [-0.15, -0.1) is 4.72 Å². The molecule has 7 nitrogen and oxygen atoms in total. The van der Waals surface area contributed by atoms with E-state index in [1.165, 1.54) is 22.9 Å². The molecular weight excluding hydrogens is 433 g/mol. The molecule has 31 heavy (non-hydrogen) atoms. The molecule has 0 fully saturated rings. The second kappa shape index (κ2) is 8.40. The second-order valence-electron chi connectivity index (χ2n) is 7.78. The highest BCUT2D eigenvalue weighted by atomic mass is 32.2. The van der Waals surface area contributed by atoms with E-state index in [4.69, 9.17) is 0 Å². The van der Waals surface area contributed by atoms with Gasteiger partial charge in [0.25, 0.3) is 0 Å². The Labute approximate surface area is 179 Å². The maximum atomic E-state index is 13.8. The van der Waals surface area contributed by atoms with Crippen LogP contribution in [-0.4, -0.2) is 36.5 Å². The fourth-order valence-corrected chi connectivity index (χ4v) is 3.71. The minimum absolute atomic E-state index is 0.107. The highest BCUT2D eigenvalue weighted by Gasteiger charge is 2.45. The number of aromatic nitrogens is 2. The number of carboxylic acid groups (broad SMARTS) is 1. The zero-order valence-electron chi connectivity index (χ0n) is 16.9. The number of halogens is 3. The van der Waals surface area contributed by atoms with Crippen LogP contribution in [0.5, 0.6) is 0 Å². The maximum absolute atomic E-state index is 13.8. The molecule has 0 spiro atoms. The molecule has 3 aromatic rings. The number of fused-ring (bicyclic) bond motifs is 1. The van der Waals surface area contributed by atoms with Gasteiger partial charge >= 0.3 is 12.3 Å². The maximum Gasteiger partial charge on any atom is 0.412 e. The first-order valence-corrected chi connectivity index (χ1v) is 10.4. The van der Waals surface area contributed by atoms with E-state index in [-0.39, 0.29) is 16.9 Å². The Morgan fingerprint density at radius 1 is 1.16 bits per heavy atom. The van der Waals surface area contributed by atoms with Crippen molar-refractivity contribution >= 4 is 34.2 Å². The average Bonchev–Trinajstić information content (AvgIpc) is 3.02. The Balaban J connectivity index is 2.11. The van der Waals surface area contributed by atoms with E-state index < -0.39 is 34.4 Å². The second-order valence-corrected chi connectivity index (χ2v) is 9.77. The summed E-state index contributed by atoms with van der Waals surface area (Å²) in [6.07, 6.45) is -6.04. The van der Waals surface area contributed by atoms with Crippen molar-refractivity contribution in [2.45, 2.75) is 37.7 Å². The summed E-state index contributed by atoms with van der Waals surface area (Å²) in [6, 6.07) is 10.2. The Morgan fingerprint density at radius 2 is 1.81 bits per heavy atom. The number of nitrogens with zero attached hydrogens (tertiary/aromatic N) is 2. The van der Waals surface area contributed by atoms with Gasteiger partial charge in [-0.3, -0.25) is 5.32 Å². The van der Waals surface area contributed by atoms with Crippen LogP contribution in [0.1, 0.15) is 32.4 Å². The van der Waals surface area contributed by atoms with Crippen molar-refractivity contribution in [3.8, 4) is 5.69 Å². The molecule has 1 heterocycles. The van der Waals surface area contributed by atoms with E-state index in [1.54, 1.807) is 51.1 Å². The van der Waals surface area contributed by atoms with Gasteiger partial charge in [0.1, 0.15) is 10.6 Å². The van der Waals surface area contributed by atoms with Crippen LogP contribution >= 0.6 is 0 Å². The van der Waals surface area contributed by atoms with Crippen LogP contribution in [-0.2, 0) is 11.4 Å². The Hall–Kier alpha value is -2.76. The molecule has 11 heteroatoms. The molecule has 0 radical (unpaired) electrons. The van der Waals surface area contributed by atoms with Crippen LogP contribution < -0.4 is 10.0 Å². The molecule has 1 aromatic heterocycles. The van der Waals surface area contributed by atoms with E-state index in [1.807, 2.05) is 0 Å². The predicted molar refractivity (Wildman–Crippen MR) is 113 cm³/mol. The van der Waals surface area contributed by atoms with E-state index >= 15 is 0 Å². The summed E-state index contributed by atoms with van der Waals surface area (Å²) in [5, 5.41) is 16.1. The van der Waals surface area contributed by atoms with Crippen molar-refractivity contribution in [2.24, 2.45) is 0 Å². The number of hydrogen-bond acceptors (Lipinski definition) is 4. The van der Waals surface area contributed by atoms with Gasteiger partial charge in [0.15, 0.2) is 6.04 Å². The van der Waals surface area contributed by atoms with Gasteiger partial charge in [-0.1, -0.05) is 24.3 Å². The number of carbonyl (C=O) groups is 1. The van der Waals surface area contributed by atoms with Crippen LogP contribution in [0.15, 0.2) is 48.5 Å². The Morgan fingerprint density at radius 3 is 2.35 bits per heavy atom. The molecule has 0 saturated carbocycles. The predicted octanol–water partition coefficient (Wildman–Crippen LogP) is 4.77. The van der Waals surface area contributed by atoms with Gasteiger partial charge in [0.05, 0.1) is 11.2 Å². The third-order valence-electron chi connectivity index (χ3n) is 4.36. The van der Waals surface area contributed by atoms with Gasteiger partial charge in [-0.2, -0.15) is 18.3 Å². The molecule has 1 amide bonds. The van der Waals surface area contributed by atoms with Gasteiger partial charge < -0.3 is 9.66 Å². The third kappa shape index (κ3) is 5.12. The molecule has 2 unspecified atom stereocenters. The zero-order chi connectivity index (χ0) is 23.0. The Kier molecular flexibility index (Phi) is 6.21. The summed E-state index contributed by atoms with van der Waals surface area (Å²) in [5.74, 6) is 0.107. The third-order valence-corrected chi connectivity index (χ3v) is 5.93. The summed E-state index contributed by atoms with van der Waals surface area (Å²) >= 11 is -1.97. The molecule has 3 N–H and O–H groups in total. The van der Waals surface area contributed by atoms with Gasteiger partial charge in [-0.25, -0.2) is 9.48 Å². The summed E-state index contributed by atoms with van der Waals surface area (Å²) in [4.78, 5) is 11.3. The number of anilines is 1. The highest BCUT2D eigenvalue weighted by molar-refractivity contribution is 7.90. The molecule has 2 atom stereocenters. The number of nitrogens with one attached hydrogen (secondary N) is 2. The van der Waals surface area contributed by atoms with Crippen molar-refractivity contribution in [1.82, 2.24) is 14.5 Å². The minimum atomic E-state index is -4.71. The van der Waals surface area contributed by atoms with Crippen LogP contribution in [0.25, 0.3) is 16.6 Å². The van der Waals surface area contributed by atoms with E-state index in [0.717, 1.165) is 0 Å². The molecule has 0 aliphatic rings. The number of para-hydroxylation sites is 1. The zero-order valence-corrected chi connectivity index (χ0v) is 17.7. The monoisotopic (exact) mass is 454 g/mol. The number of hydrogen-bond donors (Lipinski definition) is 3. The summed E-state index contributed by atoms with van der Waals surface area (Å²) in [7, 11) is 0. The topological polar surface area (TPSA) is 102 Å². The fraction of sp³-hybridized carbons (Fsp3) is 0.300. The summed E-state index contributed by atoms with van der Waals surface area (Å²) < 4.78 is 56.2. The molecular formula is C20H21F3N4O3S. The number of benzene rings is 2. The minimum Gasteiger partial charge on any atom is -0.598 e. The van der Waals surface area contributed by atoms with Crippen molar-refractivity contribution in [3.05, 3.63) is 54.1 Å². The summed E-state index contributed by atoms with van der Waals surface area (Å²) in [6.45, 7) is 4.70. The molecule has 0 bridgehead atoms. The first kappa shape index (κ1) is 22.9. The molecule has 166 valence electrons. The quantitative estimate of drug-likeness (QED) is 0.482. The van der Waals surface area contributed by atoms with E-state index in [9.17, 15) is 27.6 Å². The average molecular weight is 454 g/mol. The van der Waals surface area contributed by atoms with Crippen molar-refractivity contribution in [3.63, 3.8) is 0 Å². The van der Waals surface area contributed by atoms with Crippen LogP contribution in [0.4, 0.5) is 23.8 Å². The Bertz CT molecular complexity index is 1080. The fourth-order valence-electron chi connectivity index (χ4n) is 2.87. The molecule has 3 rings (SSSR count). The molecule has 0 aliphatic carbocycles. The number of rotatable bonds is 5. The first-order valence-electron chi connectivity index (χ1n) is 9.21. The summed E-state index contributed by atoms with van der Waals surface area (Å²) in [5.41, 5.74) is 0.503. The largest absolute Gasteiger partial charge is 0.598 e. The van der Waals surface area contributed by atoms with E-state index in [0.29, 0.717) is 11.1 Å². The van der Waals surface area contributed by atoms with Crippen molar-refractivity contribution < 1.29 is 27.6 Å². The van der Waals surface area contributed by atoms with Crippen LogP contribution in [0.2, 0.25) is 0 Å². The van der Waals surface area contributed by atoms with Crippen molar-refractivity contribution in [1.29, 1.82) is 0 Å². The SMILES string of the molecule is CC(C)(C)[S+]([O-])NC(c1ccc2c(NC(=O)O)n(-c3ccccc3)nc2c1)C(F)(F)F. The number of amides is 1. The lowest BCUT2D eigenvalue weighted by atomic mass is 10.1. The lowest BCUT2D eigenvalue weighted by Crippen LogP contribution is -2.45. The highest BCUT2D eigenvalue weighted by Crippen LogP contribution is 2.37. The smallest absolute Gasteiger partial charge is 0.412 e. The van der Waals surface area contributed by atoms with Crippen LogP contribution in [0.3, 0.4) is 0 Å². The van der Waals surface area contributed by atoms with E-state index in [2.05, 4.69) is 15.1 Å². The van der Waals surface area contributed by atoms with Crippen LogP contribution in [0, 0.1) is 0 Å². The van der Waals surface area contributed by atoms with Gasteiger partial charge in [0.2, 0.25) is 0 Å². The van der Waals surface area contributed by atoms with Gasteiger partial charge in [0, 0.05) is 16.7 Å². The molecule has 2 aromatic carbocycles. The van der Waals surface area contributed by atoms with Gasteiger partial charge in [-0.05, 0) is 50.6 Å². The lowest BCUT2D eigenvalue weighted by molar-refractivity contribution is -0.153.